The summed E-state index contributed by atoms with van der Waals surface area (Å²) in [6.07, 6.45) is 5.10. The zero-order valence-corrected chi connectivity index (χ0v) is 10.7. The Labute approximate surface area is 108 Å². The standard InChI is InChI=1S/C15H21NO2/c17-13-5-3-4-12(10-13)11-15(18)7-9-16-8-2-1-6-14(15)16/h3-5,10,14,17-18H,1-2,6-9,11H2. The number of nitrogens with zero attached hydrogens (tertiary/aromatic N) is 1. The first-order valence-corrected chi connectivity index (χ1v) is 6.92. The second-order valence-corrected chi connectivity index (χ2v) is 5.75. The third kappa shape index (κ3) is 2.13. The maximum absolute atomic E-state index is 10.9. The number of rotatable bonds is 2. The number of phenols is 1. The van der Waals surface area contributed by atoms with Crippen molar-refractivity contribution in [2.75, 3.05) is 13.1 Å². The lowest BCUT2D eigenvalue weighted by Crippen LogP contribution is -2.48. The second-order valence-electron chi connectivity index (χ2n) is 5.75. The molecule has 2 heterocycles. The van der Waals surface area contributed by atoms with Crippen LogP contribution < -0.4 is 0 Å². The maximum Gasteiger partial charge on any atom is 0.115 e. The molecular weight excluding hydrogens is 226 g/mol. The van der Waals surface area contributed by atoms with Gasteiger partial charge in [-0.2, -0.15) is 0 Å². The summed E-state index contributed by atoms with van der Waals surface area (Å²) >= 11 is 0. The highest BCUT2D eigenvalue weighted by atomic mass is 16.3. The fourth-order valence-corrected chi connectivity index (χ4v) is 3.60. The van der Waals surface area contributed by atoms with Gasteiger partial charge in [0.15, 0.2) is 0 Å². The van der Waals surface area contributed by atoms with E-state index in [4.69, 9.17) is 0 Å². The Kier molecular flexibility index (Phi) is 3.04. The van der Waals surface area contributed by atoms with Crippen LogP contribution >= 0.6 is 0 Å². The Hall–Kier alpha value is -1.06. The van der Waals surface area contributed by atoms with Crippen LogP contribution in [0.3, 0.4) is 0 Å². The average Bonchev–Trinajstić information content (AvgIpc) is 2.68. The lowest BCUT2D eigenvalue weighted by Gasteiger charge is -2.37. The number of benzene rings is 1. The normalized spacial score (nSPS) is 32.4. The van der Waals surface area contributed by atoms with Gasteiger partial charge in [0, 0.05) is 19.0 Å². The molecule has 3 heteroatoms. The monoisotopic (exact) mass is 247 g/mol. The predicted molar refractivity (Wildman–Crippen MR) is 70.6 cm³/mol. The first-order valence-electron chi connectivity index (χ1n) is 6.92. The molecule has 2 saturated heterocycles. The van der Waals surface area contributed by atoms with Crippen LogP contribution in [0.25, 0.3) is 0 Å². The van der Waals surface area contributed by atoms with Crippen LogP contribution in [0.2, 0.25) is 0 Å². The molecular formula is C15H21NO2. The highest BCUT2D eigenvalue weighted by Gasteiger charge is 2.46. The maximum atomic E-state index is 10.9. The van der Waals surface area contributed by atoms with Gasteiger partial charge in [-0.05, 0) is 43.5 Å². The SMILES string of the molecule is Oc1cccc(CC2(O)CCN3CCCCC32)c1. The summed E-state index contributed by atoms with van der Waals surface area (Å²) in [4.78, 5) is 2.44. The predicted octanol–water partition coefficient (Wildman–Crippen LogP) is 1.92. The van der Waals surface area contributed by atoms with Crippen molar-refractivity contribution in [1.29, 1.82) is 0 Å². The van der Waals surface area contributed by atoms with E-state index in [9.17, 15) is 10.2 Å². The summed E-state index contributed by atoms with van der Waals surface area (Å²) in [6, 6.07) is 7.59. The smallest absolute Gasteiger partial charge is 0.115 e. The Balaban J connectivity index is 1.78. The van der Waals surface area contributed by atoms with Crippen LogP contribution in [0.4, 0.5) is 0 Å². The van der Waals surface area contributed by atoms with Crippen LogP contribution in [-0.2, 0) is 6.42 Å². The molecule has 0 bridgehead atoms. The van der Waals surface area contributed by atoms with E-state index in [1.54, 1.807) is 12.1 Å². The summed E-state index contributed by atoms with van der Waals surface area (Å²) in [5.41, 5.74) is 0.429. The van der Waals surface area contributed by atoms with Crippen molar-refractivity contribution in [3.63, 3.8) is 0 Å². The van der Waals surface area contributed by atoms with E-state index in [0.717, 1.165) is 31.5 Å². The number of fused-ring (bicyclic) bond motifs is 1. The summed E-state index contributed by atoms with van der Waals surface area (Å²) in [5, 5.41) is 20.4. The molecule has 1 aromatic carbocycles. The second kappa shape index (κ2) is 4.56. The molecule has 2 unspecified atom stereocenters. The molecule has 2 fully saturated rings. The van der Waals surface area contributed by atoms with Gasteiger partial charge in [-0.15, -0.1) is 0 Å². The number of phenolic OH excluding ortho intramolecular Hbond substituents is 1. The van der Waals surface area contributed by atoms with Crippen LogP contribution in [0.1, 0.15) is 31.2 Å². The minimum absolute atomic E-state index is 0.287. The highest BCUT2D eigenvalue weighted by molar-refractivity contribution is 5.29. The molecule has 0 amide bonds. The fourth-order valence-electron chi connectivity index (χ4n) is 3.60. The molecule has 0 radical (unpaired) electrons. The number of hydrogen-bond acceptors (Lipinski definition) is 3. The summed E-state index contributed by atoms with van der Waals surface area (Å²) in [5.74, 6) is 0.287. The fraction of sp³-hybridized carbons (Fsp3) is 0.600. The quantitative estimate of drug-likeness (QED) is 0.839. The minimum atomic E-state index is -0.603. The Morgan fingerprint density at radius 1 is 1.28 bits per heavy atom. The minimum Gasteiger partial charge on any atom is -0.508 e. The number of aromatic hydroxyl groups is 1. The third-order valence-corrected chi connectivity index (χ3v) is 4.49. The van der Waals surface area contributed by atoms with E-state index in [2.05, 4.69) is 4.90 Å². The molecule has 2 atom stereocenters. The molecule has 98 valence electrons. The van der Waals surface area contributed by atoms with E-state index < -0.39 is 5.60 Å². The van der Waals surface area contributed by atoms with Gasteiger partial charge in [-0.25, -0.2) is 0 Å². The van der Waals surface area contributed by atoms with Crippen LogP contribution in [0.15, 0.2) is 24.3 Å². The van der Waals surface area contributed by atoms with Crippen LogP contribution in [-0.4, -0.2) is 39.8 Å². The molecule has 0 saturated carbocycles. The van der Waals surface area contributed by atoms with Gasteiger partial charge >= 0.3 is 0 Å². The van der Waals surface area contributed by atoms with Gasteiger partial charge in [-0.1, -0.05) is 18.6 Å². The molecule has 2 N–H and O–H groups in total. The molecule has 0 aromatic heterocycles. The zero-order valence-electron chi connectivity index (χ0n) is 10.7. The topological polar surface area (TPSA) is 43.7 Å². The van der Waals surface area contributed by atoms with Gasteiger partial charge in [0.2, 0.25) is 0 Å². The molecule has 0 aliphatic carbocycles. The van der Waals surface area contributed by atoms with Crippen molar-refractivity contribution in [2.24, 2.45) is 0 Å². The van der Waals surface area contributed by atoms with Crippen molar-refractivity contribution in [1.82, 2.24) is 4.90 Å². The van der Waals surface area contributed by atoms with E-state index in [-0.39, 0.29) is 5.75 Å². The molecule has 1 aromatic rings. The van der Waals surface area contributed by atoms with E-state index >= 15 is 0 Å². The largest absolute Gasteiger partial charge is 0.508 e. The Morgan fingerprint density at radius 2 is 2.17 bits per heavy atom. The Bertz CT molecular complexity index is 434. The number of hydrogen-bond donors (Lipinski definition) is 2. The number of piperidine rings is 1. The summed E-state index contributed by atoms with van der Waals surface area (Å²) < 4.78 is 0. The molecule has 2 aliphatic rings. The average molecular weight is 247 g/mol. The molecule has 3 rings (SSSR count). The molecule has 0 spiro atoms. The third-order valence-electron chi connectivity index (χ3n) is 4.49. The lowest BCUT2D eigenvalue weighted by molar-refractivity contribution is -0.00887. The van der Waals surface area contributed by atoms with E-state index in [0.29, 0.717) is 12.5 Å². The first-order chi connectivity index (χ1) is 8.67. The molecule has 3 nitrogen and oxygen atoms in total. The highest BCUT2D eigenvalue weighted by Crippen LogP contribution is 2.37. The molecule has 2 aliphatic heterocycles. The van der Waals surface area contributed by atoms with Gasteiger partial charge < -0.3 is 10.2 Å². The van der Waals surface area contributed by atoms with Crippen LogP contribution in [0.5, 0.6) is 5.75 Å². The summed E-state index contributed by atoms with van der Waals surface area (Å²) in [7, 11) is 0. The Morgan fingerprint density at radius 3 is 3.00 bits per heavy atom. The lowest BCUT2D eigenvalue weighted by atomic mass is 9.84. The van der Waals surface area contributed by atoms with Gasteiger partial charge in [0.25, 0.3) is 0 Å². The number of aliphatic hydroxyl groups is 1. The van der Waals surface area contributed by atoms with Crippen LogP contribution in [0, 0.1) is 0 Å². The van der Waals surface area contributed by atoms with E-state index in [1.165, 1.54) is 12.8 Å². The van der Waals surface area contributed by atoms with E-state index in [1.807, 2.05) is 12.1 Å². The van der Waals surface area contributed by atoms with Crippen molar-refractivity contribution in [2.45, 2.75) is 43.7 Å². The van der Waals surface area contributed by atoms with Crippen molar-refractivity contribution >= 4 is 0 Å². The van der Waals surface area contributed by atoms with Crippen molar-refractivity contribution in [3.05, 3.63) is 29.8 Å². The van der Waals surface area contributed by atoms with Gasteiger partial charge in [0.1, 0.15) is 5.75 Å². The molecule has 18 heavy (non-hydrogen) atoms. The van der Waals surface area contributed by atoms with Crippen molar-refractivity contribution < 1.29 is 10.2 Å². The first kappa shape index (κ1) is 12.0. The van der Waals surface area contributed by atoms with Gasteiger partial charge in [-0.3, -0.25) is 4.90 Å². The summed E-state index contributed by atoms with van der Waals surface area (Å²) in [6.45, 7) is 2.15. The van der Waals surface area contributed by atoms with Gasteiger partial charge in [0.05, 0.1) is 5.60 Å². The zero-order chi connectivity index (χ0) is 12.6. The van der Waals surface area contributed by atoms with Crippen molar-refractivity contribution in [3.8, 4) is 5.75 Å².